The number of hydrogen-bond donors (Lipinski definition) is 1. The number of rotatable bonds is 5. The number of nitrogens with one attached hydrogen (secondary N) is 1. The third-order valence-corrected chi connectivity index (χ3v) is 7.75. The molecule has 3 aromatic heterocycles. The number of hydrogen-bond acceptors (Lipinski definition) is 7. The first-order valence-corrected chi connectivity index (χ1v) is 11.8. The van der Waals surface area contributed by atoms with Gasteiger partial charge in [0.15, 0.2) is 11.5 Å². The van der Waals surface area contributed by atoms with Crippen LogP contribution in [-0.4, -0.2) is 32.9 Å². The van der Waals surface area contributed by atoms with Gasteiger partial charge in [0.05, 0.1) is 5.39 Å². The number of thiophene rings is 1. The molecule has 2 aliphatic carbocycles. The van der Waals surface area contributed by atoms with Gasteiger partial charge in [-0.1, -0.05) is 12.1 Å². The van der Waals surface area contributed by atoms with Crippen molar-refractivity contribution < 1.29 is 9.47 Å². The maximum Gasteiger partial charge on any atom is 0.238 e. The van der Waals surface area contributed by atoms with E-state index in [0.29, 0.717) is 18.7 Å². The van der Waals surface area contributed by atoms with E-state index in [1.54, 1.807) is 6.20 Å². The summed E-state index contributed by atoms with van der Waals surface area (Å²) in [5, 5.41) is 4.78. The number of benzene rings is 1. The highest BCUT2D eigenvalue weighted by Crippen LogP contribution is 2.59. The smallest absolute Gasteiger partial charge is 0.238 e. The number of ether oxygens (including phenoxy) is 2. The molecule has 0 spiro atoms. The molecule has 4 aromatic rings. The molecule has 8 heteroatoms. The van der Waals surface area contributed by atoms with Crippen LogP contribution in [0, 0.1) is 6.92 Å². The number of aromatic nitrogens is 4. The van der Waals surface area contributed by atoms with Crippen molar-refractivity contribution in [3.05, 3.63) is 58.5 Å². The molecule has 7 rings (SSSR count). The van der Waals surface area contributed by atoms with E-state index in [0.717, 1.165) is 40.9 Å². The van der Waals surface area contributed by atoms with Gasteiger partial charge in [0, 0.05) is 35.3 Å². The minimum absolute atomic E-state index is 0.298. The van der Waals surface area contributed by atoms with Crippen LogP contribution in [0.2, 0.25) is 0 Å². The molecule has 1 N–H and O–H groups in total. The average Bonchev–Trinajstić information content (AvgIpc) is 3.56. The SMILES string of the molecule is Cc1nccn1-c1nc(NCCc2ccc3c(c2)OCO3)c2c3c(sc2n1)C1CCC=C31. The number of nitrogens with zero attached hydrogens (tertiary/aromatic N) is 4. The average molecular weight is 444 g/mol. The predicted octanol–water partition coefficient (Wildman–Crippen LogP) is 4.84. The van der Waals surface area contributed by atoms with Crippen molar-refractivity contribution in [2.45, 2.75) is 32.1 Å². The Kier molecular flexibility index (Phi) is 3.87. The Hall–Kier alpha value is -3.39. The molecule has 3 aliphatic rings. The zero-order valence-corrected chi connectivity index (χ0v) is 18.4. The molecule has 160 valence electrons. The molecule has 1 atom stereocenters. The lowest BCUT2D eigenvalue weighted by molar-refractivity contribution is 0.174. The fraction of sp³-hybridized carbons (Fsp3) is 0.292. The van der Waals surface area contributed by atoms with Crippen LogP contribution in [0.5, 0.6) is 11.5 Å². The van der Waals surface area contributed by atoms with Gasteiger partial charge in [0.2, 0.25) is 12.7 Å². The van der Waals surface area contributed by atoms with Crippen LogP contribution >= 0.6 is 11.3 Å². The summed E-state index contributed by atoms with van der Waals surface area (Å²) in [7, 11) is 0. The standard InChI is InChI=1S/C24H21N5O2S/c1-13-25-9-10-29(13)24-27-22(26-8-7-14-5-6-17-18(11-14)31-12-30-17)20-19-15-3-2-4-16(15)21(19)32-23(20)28-24/h3,5-6,9-11,16H,2,4,7-8,12H2,1H3,(H,26,27,28). The van der Waals surface area contributed by atoms with E-state index in [2.05, 4.69) is 28.5 Å². The summed E-state index contributed by atoms with van der Waals surface area (Å²) in [6, 6.07) is 6.13. The molecule has 1 unspecified atom stereocenters. The maximum atomic E-state index is 5.52. The van der Waals surface area contributed by atoms with Crippen molar-refractivity contribution in [3.8, 4) is 17.4 Å². The first-order valence-electron chi connectivity index (χ1n) is 10.9. The Morgan fingerprint density at radius 3 is 3.06 bits per heavy atom. The lowest BCUT2D eigenvalue weighted by Gasteiger charge is -2.26. The van der Waals surface area contributed by atoms with E-state index < -0.39 is 0 Å². The highest BCUT2D eigenvalue weighted by Gasteiger charge is 2.39. The van der Waals surface area contributed by atoms with Gasteiger partial charge in [-0.15, -0.1) is 11.3 Å². The molecule has 0 bridgehead atoms. The van der Waals surface area contributed by atoms with Crippen molar-refractivity contribution in [2.24, 2.45) is 0 Å². The van der Waals surface area contributed by atoms with Gasteiger partial charge in [-0.3, -0.25) is 4.57 Å². The number of fused-ring (bicyclic) bond motifs is 7. The molecule has 0 saturated carbocycles. The van der Waals surface area contributed by atoms with E-state index in [1.807, 2.05) is 35.1 Å². The van der Waals surface area contributed by atoms with Gasteiger partial charge < -0.3 is 14.8 Å². The maximum absolute atomic E-state index is 5.52. The van der Waals surface area contributed by atoms with Gasteiger partial charge in [0.25, 0.3) is 0 Å². The van der Waals surface area contributed by atoms with Gasteiger partial charge in [-0.05, 0) is 49.5 Å². The summed E-state index contributed by atoms with van der Waals surface area (Å²) in [5.74, 6) is 4.69. The summed E-state index contributed by atoms with van der Waals surface area (Å²) in [6.45, 7) is 3.03. The fourth-order valence-electron chi connectivity index (χ4n) is 4.96. The lowest BCUT2D eigenvalue weighted by atomic mass is 9.80. The van der Waals surface area contributed by atoms with Gasteiger partial charge in [0.1, 0.15) is 16.5 Å². The van der Waals surface area contributed by atoms with Crippen LogP contribution in [-0.2, 0) is 6.42 Å². The molecule has 1 aromatic carbocycles. The van der Waals surface area contributed by atoms with E-state index in [4.69, 9.17) is 19.4 Å². The Morgan fingerprint density at radius 2 is 2.16 bits per heavy atom. The largest absolute Gasteiger partial charge is 0.454 e. The molecule has 0 amide bonds. The van der Waals surface area contributed by atoms with E-state index in [-0.39, 0.29) is 0 Å². The summed E-state index contributed by atoms with van der Waals surface area (Å²) in [5.41, 5.74) is 4.06. The topological polar surface area (TPSA) is 74.1 Å². The van der Waals surface area contributed by atoms with Crippen molar-refractivity contribution in [3.63, 3.8) is 0 Å². The van der Waals surface area contributed by atoms with Crippen molar-refractivity contribution in [1.82, 2.24) is 19.5 Å². The summed E-state index contributed by atoms with van der Waals surface area (Å²) < 4.78 is 12.9. The Bertz CT molecular complexity index is 1420. The molecular weight excluding hydrogens is 422 g/mol. The summed E-state index contributed by atoms with van der Waals surface area (Å²) >= 11 is 1.82. The zero-order valence-electron chi connectivity index (χ0n) is 17.6. The van der Waals surface area contributed by atoms with Crippen LogP contribution in [0.25, 0.3) is 21.7 Å². The minimum Gasteiger partial charge on any atom is -0.454 e. The van der Waals surface area contributed by atoms with E-state index >= 15 is 0 Å². The zero-order chi connectivity index (χ0) is 21.2. The molecule has 7 nitrogen and oxygen atoms in total. The molecule has 0 fully saturated rings. The molecule has 4 heterocycles. The van der Waals surface area contributed by atoms with Gasteiger partial charge in [-0.2, -0.15) is 4.98 Å². The Labute approximate surface area is 188 Å². The van der Waals surface area contributed by atoms with Gasteiger partial charge >= 0.3 is 0 Å². The first-order chi connectivity index (χ1) is 15.8. The van der Waals surface area contributed by atoms with Crippen LogP contribution in [0.4, 0.5) is 5.82 Å². The Balaban J connectivity index is 1.25. The Morgan fingerprint density at radius 1 is 1.22 bits per heavy atom. The third-order valence-electron chi connectivity index (χ3n) is 6.55. The number of aryl methyl sites for hydroxylation is 1. The molecule has 0 saturated heterocycles. The quantitative estimate of drug-likeness (QED) is 0.476. The predicted molar refractivity (Wildman–Crippen MR) is 124 cm³/mol. The van der Waals surface area contributed by atoms with Crippen LogP contribution in [0.1, 0.15) is 40.6 Å². The van der Waals surface area contributed by atoms with Crippen LogP contribution in [0.15, 0.2) is 36.7 Å². The third kappa shape index (κ3) is 2.62. The lowest BCUT2D eigenvalue weighted by Crippen LogP contribution is -2.12. The second-order valence-electron chi connectivity index (χ2n) is 8.39. The number of anilines is 1. The van der Waals surface area contributed by atoms with E-state index in [1.165, 1.54) is 39.8 Å². The molecule has 1 aliphatic heterocycles. The second kappa shape index (κ2) is 6.80. The molecule has 32 heavy (non-hydrogen) atoms. The van der Waals surface area contributed by atoms with Crippen molar-refractivity contribution in [2.75, 3.05) is 18.7 Å². The van der Waals surface area contributed by atoms with Gasteiger partial charge in [-0.25, -0.2) is 9.97 Å². The fourth-order valence-corrected chi connectivity index (χ4v) is 6.30. The second-order valence-corrected chi connectivity index (χ2v) is 9.42. The number of allylic oxidation sites excluding steroid dienone is 2. The van der Waals surface area contributed by atoms with E-state index in [9.17, 15) is 0 Å². The highest BCUT2D eigenvalue weighted by atomic mass is 32.1. The van der Waals surface area contributed by atoms with Crippen LogP contribution in [0.3, 0.4) is 0 Å². The normalized spacial score (nSPS) is 17.8. The minimum atomic E-state index is 0.298. The van der Waals surface area contributed by atoms with Crippen molar-refractivity contribution >= 4 is 32.9 Å². The summed E-state index contributed by atoms with van der Waals surface area (Å²) in [6.07, 6.45) is 9.35. The monoisotopic (exact) mass is 443 g/mol. The summed E-state index contributed by atoms with van der Waals surface area (Å²) in [4.78, 5) is 16.7. The molecule has 0 radical (unpaired) electrons. The van der Waals surface area contributed by atoms with Crippen molar-refractivity contribution in [1.29, 1.82) is 0 Å². The molecular formula is C24H21N5O2S. The first kappa shape index (κ1) is 18.2. The van der Waals surface area contributed by atoms with Crippen LogP contribution < -0.4 is 14.8 Å². The highest BCUT2D eigenvalue weighted by molar-refractivity contribution is 7.19. The number of imidazole rings is 1.